The van der Waals surface area contributed by atoms with Gasteiger partial charge in [-0.2, -0.15) is 0 Å². The number of aromatic nitrogens is 2. The summed E-state index contributed by atoms with van der Waals surface area (Å²) in [6, 6.07) is 75.0. The predicted molar refractivity (Wildman–Crippen MR) is 353 cm³/mol. The molecule has 0 saturated carbocycles. The molecule has 0 atom stereocenters. The lowest BCUT2D eigenvalue weighted by Gasteiger charge is -2.14. The van der Waals surface area contributed by atoms with Crippen LogP contribution in [-0.2, 0) is 6.42 Å². The standard InChI is InChI=1S/C61H36N2O2.C13H16.HIS/c1-5-21-53-43(12-1)51-32-36(40-16-9-19-47-45-14-3-7-24-58(45)64-60(40)47)27-30-56(51)62(53)39-29-26-38-34-50-42(49(38)35-39)18-11-23-55(50)63-54-22-6-2-13-44(54)52-33-37(28-31-57(52)63)41-17-10-20-48-46-15-4-8-25-59(46)65-61(41)48;1-6-9-13(8-3)10-12(5)11(4)7-2;1-2/h1-33,35H,34H2;6-8,10H,1-5,9H2;2H/b;13-10+;. The van der Waals surface area contributed by atoms with Gasteiger partial charge in [-0.15, -0.1) is 16.4 Å². The number of fused-ring (bicyclic) bond motifs is 15. The van der Waals surface area contributed by atoms with Crippen LogP contribution in [0.4, 0.5) is 0 Å². The molecule has 1 aliphatic carbocycles. The van der Waals surface area contributed by atoms with Gasteiger partial charge < -0.3 is 18.0 Å². The highest BCUT2D eigenvalue weighted by molar-refractivity contribution is 14.2. The molecule has 0 bridgehead atoms. The van der Waals surface area contributed by atoms with Gasteiger partial charge in [0.05, 0.1) is 27.8 Å². The first-order valence-electron chi connectivity index (χ1n) is 26.6. The molecule has 0 aliphatic heterocycles. The molecule has 4 aromatic heterocycles. The van der Waals surface area contributed by atoms with E-state index >= 15 is 0 Å². The smallest absolute Gasteiger partial charge is 0.143 e. The topological polar surface area (TPSA) is 36.1 Å². The number of thiol groups is 1. The van der Waals surface area contributed by atoms with E-state index in [9.17, 15) is 0 Å². The third-order valence-electron chi connectivity index (χ3n) is 15.8. The molecule has 4 nitrogen and oxygen atoms in total. The van der Waals surface area contributed by atoms with Gasteiger partial charge in [0, 0.05) is 66.3 Å². The second-order valence-corrected chi connectivity index (χ2v) is 20.2. The Hall–Kier alpha value is -9.08. The zero-order valence-corrected chi connectivity index (χ0v) is 47.0. The fraction of sp³-hybridized carbons (Fsp3) is 0.0270. The summed E-state index contributed by atoms with van der Waals surface area (Å²) in [6.07, 6.45) is 8.92. The Bertz CT molecular complexity index is 4920. The summed E-state index contributed by atoms with van der Waals surface area (Å²) in [7, 11) is 3.50. The minimum Gasteiger partial charge on any atom is -0.455 e. The molecule has 0 saturated heterocycles. The van der Waals surface area contributed by atoms with Gasteiger partial charge in [-0.3, -0.25) is 0 Å². The third kappa shape index (κ3) is 8.37. The lowest BCUT2D eigenvalue weighted by Crippen LogP contribution is -1.99. The van der Waals surface area contributed by atoms with Gasteiger partial charge in [0.1, 0.15) is 22.3 Å². The predicted octanol–water partition coefficient (Wildman–Crippen LogP) is 21.8. The normalized spacial score (nSPS) is 11.9. The Morgan fingerprint density at radius 1 is 0.450 bits per heavy atom. The number of rotatable bonds is 10. The highest BCUT2D eigenvalue weighted by Crippen LogP contribution is 2.46. The van der Waals surface area contributed by atoms with Crippen molar-refractivity contribution in [2.75, 3.05) is 0 Å². The Morgan fingerprint density at radius 2 is 0.950 bits per heavy atom. The molecule has 6 heteroatoms. The van der Waals surface area contributed by atoms with E-state index in [0.717, 1.165) is 101 Å². The fourth-order valence-corrected chi connectivity index (χ4v) is 12.1. The molecule has 0 fully saturated rings. The average molecular weight is 1160 g/mol. The third-order valence-corrected chi connectivity index (χ3v) is 15.8. The van der Waals surface area contributed by atoms with Crippen molar-refractivity contribution in [1.29, 1.82) is 0 Å². The monoisotopic (exact) mass is 1160 g/mol. The van der Waals surface area contributed by atoms with E-state index in [1.165, 1.54) is 71.6 Å². The van der Waals surface area contributed by atoms with Gasteiger partial charge in [-0.05, 0) is 144 Å². The van der Waals surface area contributed by atoms with Gasteiger partial charge in [0.2, 0.25) is 0 Å². The van der Waals surface area contributed by atoms with Crippen LogP contribution in [0.25, 0.3) is 132 Å². The molecule has 0 N–H and O–H groups in total. The quantitative estimate of drug-likeness (QED) is 0.0641. The van der Waals surface area contributed by atoms with Gasteiger partial charge in [0.25, 0.3) is 0 Å². The molecule has 0 radical (unpaired) electrons. The molecule has 0 spiro atoms. The second kappa shape index (κ2) is 20.9. The van der Waals surface area contributed by atoms with Crippen molar-refractivity contribution in [2.24, 2.45) is 0 Å². The van der Waals surface area contributed by atoms with E-state index in [1.807, 2.05) is 45.5 Å². The zero-order chi connectivity index (χ0) is 54.6. The van der Waals surface area contributed by atoms with Crippen LogP contribution in [0.5, 0.6) is 0 Å². The fourth-order valence-electron chi connectivity index (χ4n) is 12.1. The Kier molecular flexibility index (Phi) is 13.2. The number of halogens is 1. The van der Waals surface area contributed by atoms with Crippen molar-refractivity contribution < 1.29 is 8.83 Å². The number of hydrogen-bond donors (Lipinski definition) is 1. The minimum atomic E-state index is 0.799. The summed E-state index contributed by atoms with van der Waals surface area (Å²) < 4.78 is 17.9. The number of allylic oxidation sites excluding steroid dienone is 7. The van der Waals surface area contributed by atoms with Gasteiger partial charge >= 0.3 is 0 Å². The molecule has 0 unspecified atom stereocenters. The maximum atomic E-state index is 6.50. The van der Waals surface area contributed by atoms with Crippen LogP contribution in [0.1, 0.15) is 17.5 Å². The maximum absolute atomic E-state index is 6.50. The molecular weight excluding hydrogens is 1110 g/mol. The molecule has 80 heavy (non-hydrogen) atoms. The zero-order valence-electron chi connectivity index (χ0n) is 43.9. The van der Waals surface area contributed by atoms with E-state index in [4.69, 9.17) is 8.83 Å². The number of furan rings is 2. The molecule has 384 valence electrons. The summed E-state index contributed by atoms with van der Waals surface area (Å²) in [6.45, 7) is 18.7. The lowest BCUT2D eigenvalue weighted by molar-refractivity contribution is 0.669. The highest BCUT2D eigenvalue weighted by Gasteiger charge is 2.26. The van der Waals surface area contributed by atoms with Crippen molar-refractivity contribution in [3.05, 3.63) is 291 Å². The molecule has 0 amide bonds. The highest BCUT2D eigenvalue weighted by atomic mass is 127. The van der Waals surface area contributed by atoms with E-state index in [2.05, 4.69) is 246 Å². The van der Waals surface area contributed by atoms with E-state index in [0.29, 0.717) is 0 Å². The summed E-state index contributed by atoms with van der Waals surface area (Å²) in [5.41, 5.74) is 23.4. The van der Waals surface area contributed by atoms with E-state index < -0.39 is 0 Å². The lowest BCUT2D eigenvalue weighted by atomic mass is 10.00. The number of nitrogens with zero attached hydrogens (tertiary/aromatic N) is 2. The van der Waals surface area contributed by atoms with Crippen molar-refractivity contribution in [1.82, 2.24) is 9.13 Å². The van der Waals surface area contributed by atoms with E-state index in [-0.39, 0.29) is 0 Å². The van der Waals surface area contributed by atoms with Gasteiger partial charge in [0.15, 0.2) is 0 Å². The minimum absolute atomic E-state index is 0.799. The Labute approximate surface area is 481 Å². The van der Waals surface area contributed by atoms with Crippen molar-refractivity contribution in [3.63, 3.8) is 0 Å². The first-order valence-corrected chi connectivity index (χ1v) is 29.9. The summed E-state index contributed by atoms with van der Waals surface area (Å²) >= 11 is 1.84. The first kappa shape index (κ1) is 50.4. The van der Waals surface area contributed by atoms with Crippen LogP contribution < -0.4 is 0 Å². The van der Waals surface area contributed by atoms with Gasteiger partial charge in [-0.1, -0.05) is 190 Å². The molecule has 14 aromatic rings. The van der Waals surface area contributed by atoms with E-state index in [1.54, 1.807) is 12.2 Å². The van der Waals surface area contributed by atoms with Crippen molar-refractivity contribution >= 4 is 118 Å². The van der Waals surface area contributed by atoms with Gasteiger partial charge in [-0.25, -0.2) is 0 Å². The van der Waals surface area contributed by atoms with Crippen LogP contribution >= 0.6 is 31.0 Å². The number of para-hydroxylation sites is 6. The molecule has 15 rings (SSSR count). The molecule has 10 aromatic carbocycles. The molecule has 1 aliphatic rings. The molecular formula is C74H53IN2O2S. The van der Waals surface area contributed by atoms with Crippen LogP contribution in [0.3, 0.4) is 0 Å². The number of benzene rings is 10. The average Bonchev–Trinajstić information content (AvgIpc) is 4.39. The van der Waals surface area contributed by atoms with Crippen molar-refractivity contribution in [3.8, 4) is 44.8 Å². The SMILES string of the molecule is C=CC/C(C=C)=C/C(=C)C(=C)C=C.SI.c1cc2c(c(-n3c4ccccc4c4cc(-c5cccc6c5oc5ccccc56)ccc43)c1)Cc1ccc(-n3c4ccccc4c4cc(-c5cccc6c5oc5ccccc56)ccc43)cc1-2. The summed E-state index contributed by atoms with van der Waals surface area (Å²) in [5.74, 6) is 0. The largest absolute Gasteiger partial charge is 0.455 e. The van der Waals surface area contributed by atoms with Crippen LogP contribution in [0.2, 0.25) is 0 Å². The van der Waals surface area contributed by atoms with Crippen molar-refractivity contribution in [2.45, 2.75) is 12.8 Å². The van der Waals surface area contributed by atoms with Crippen LogP contribution in [0.15, 0.2) is 289 Å². The van der Waals surface area contributed by atoms with Crippen LogP contribution in [-0.4, -0.2) is 9.13 Å². The first-order chi connectivity index (χ1) is 39.4. The molecule has 4 heterocycles. The summed E-state index contributed by atoms with van der Waals surface area (Å²) in [4.78, 5) is 0. The Balaban J connectivity index is 0.000000359. The second-order valence-electron chi connectivity index (χ2n) is 20.2. The maximum Gasteiger partial charge on any atom is 0.143 e. The Morgan fingerprint density at radius 3 is 1.52 bits per heavy atom. The summed E-state index contributed by atoms with van der Waals surface area (Å²) in [5, 5.41) is 9.49. The van der Waals surface area contributed by atoms with Crippen LogP contribution in [0, 0.1) is 0 Å². The number of hydrogen-bond acceptors (Lipinski definition) is 3.